The summed E-state index contributed by atoms with van der Waals surface area (Å²) in [5.74, 6) is -8.70. The molecule has 150 valence electrons. The zero-order chi connectivity index (χ0) is 20.0. The van der Waals surface area contributed by atoms with Crippen molar-refractivity contribution in [2.45, 2.75) is 50.2 Å². The lowest BCUT2D eigenvalue weighted by Crippen LogP contribution is -2.54. The van der Waals surface area contributed by atoms with E-state index in [0.29, 0.717) is 6.08 Å². The third kappa shape index (κ3) is 3.38. The van der Waals surface area contributed by atoms with Crippen molar-refractivity contribution in [3.8, 4) is 0 Å². The van der Waals surface area contributed by atoms with E-state index in [9.17, 15) is 30.7 Å². The summed E-state index contributed by atoms with van der Waals surface area (Å²) in [6, 6.07) is 0. The van der Waals surface area contributed by atoms with Crippen LogP contribution in [0.2, 0.25) is 0 Å². The Morgan fingerprint density at radius 3 is 2.35 bits per heavy atom. The van der Waals surface area contributed by atoms with Gasteiger partial charge in [0.05, 0.1) is 0 Å². The summed E-state index contributed by atoms with van der Waals surface area (Å²) >= 11 is 0. The molecule has 0 bridgehead atoms. The van der Waals surface area contributed by atoms with Gasteiger partial charge in [-0.05, 0) is 19.4 Å². The van der Waals surface area contributed by atoms with Crippen LogP contribution < -0.4 is 0 Å². The van der Waals surface area contributed by atoms with Gasteiger partial charge in [0.15, 0.2) is 11.4 Å². The average molecular weight is 392 g/mol. The Hall–Kier alpha value is -1.13. The molecule has 1 aliphatic heterocycles. The number of allylic oxidation sites excluding steroid dienone is 2. The fraction of sp³-hybridized carbons (Fsp3) is 0.750. The van der Waals surface area contributed by atoms with E-state index in [1.807, 2.05) is 0 Å². The van der Waals surface area contributed by atoms with E-state index >= 15 is 0 Å². The molecule has 0 aromatic heterocycles. The largest absolute Gasteiger partial charge is 0.418 e. The summed E-state index contributed by atoms with van der Waals surface area (Å²) in [7, 11) is 0. The SMILES string of the molecule is CC1(C2=CC=C(F)[C@](F)(OCC(F)(F)CO)C2)CCOC1(C)C(F)(F)F. The molecule has 0 saturated carbocycles. The minimum atomic E-state index is -4.79. The van der Waals surface area contributed by atoms with Gasteiger partial charge in [-0.25, -0.2) is 17.6 Å². The maximum Gasteiger partial charge on any atom is 0.418 e. The second kappa shape index (κ2) is 6.49. The van der Waals surface area contributed by atoms with Crippen molar-refractivity contribution in [1.29, 1.82) is 0 Å². The Labute approximate surface area is 145 Å². The molecule has 0 aromatic carbocycles. The van der Waals surface area contributed by atoms with Gasteiger partial charge in [-0.1, -0.05) is 18.6 Å². The maximum atomic E-state index is 14.8. The fourth-order valence-corrected chi connectivity index (χ4v) is 3.17. The standard InChI is InChI=1S/C16H19F7O3/c1-12(5-6-25-13(12,2)16(21,22)23)10-3-4-11(17)15(20,7-10)26-9-14(18,19)8-24/h3-4,24H,5-9H2,1-2H3/t12?,13?,15-/m1/s1. The Bertz CT molecular complexity index is 615. The summed E-state index contributed by atoms with van der Waals surface area (Å²) in [5.41, 5.74) is -4.54. The van der Waals surface area contributed by atoms with E-state index in [-0.39, 0.29) is 18.6 Å². The number of hydrogen-bond acceptors (Lipinski definition) is 3. The monoisotopic (exact) mass is 392 g/mol. The zero-order valence-corrected chi connectivity index (χ0v) is 14.1. The number of aliphatic hydroxyl groups is 1. The van der Waals surface area contributed by atoms with E-state index in [1.165, 1.54) is 6.92 Å². The van der Waals surface area contributed by atoms with Gasteiger partial charge in [0.1, 0.15) is 13.2 Å². The van der Waals surface area contributed by atoms with Crippen molar-refractivity contribution in [2.75, 3.05) is 19.8 Å². The summed E-state index contributed by atoms with van der Waals surface area (Å²) < 4.78 is 105. The van der Waals surface area contributed by atoms with E-state index in [0.717, 1.165) is 13.0 Å². The molecule has 1 heterocycles. The number of alkyl halides is 6. The smallest absolute Gasteiger partial charge is 0.390 e. The minimum Gasteiger partial charge on any atom is -0.390 e. The normalized spacial score (nSPS) is 36.1. The highest BCUT2D eigenvalue weighted by Crippen LogP contribution is 2.58. The van der Waals surface area contributed by atoms with Crippen molar-refractivity contribution < 1.29 is 45.3 Å². The molecule has 2 aliphatic rings. The van der Waals surface area contributed by atoms with E-state index in [2.05, 4.69) is 4.74 Å². The van der Waals surface area contributed by atoms with Gasteiger partial charge in [-0.3, -0.25) is 0 Å². The first-order valence-corrected chi connectivity index (χ1v) is 7.80. The molecule has 2 unspecified atom stereocenters. The van der Waals surface area contributed by atoms with Gasteiger partial charge in [-0.2, -0.15) is 13.2 Å². The first kappa shape index (κ1) is 21.2. The van der Waals surface area contributed by atoms with Gasteiger partial charge >= 0.3 is 6.18 Å². The molecule has 1 aliphatic carbocycles. The third-order valence-electron chi connectivity index (χ3n) is 5.24. The number of ether oxygens (including phenoxy) is 2. The summed E-state index contributed by atoms with van der Waals surface area (Å²) in [4.78, 5) is 0. The molecular formula is C16H19F7O3. The maximum absolute atomic E-state index is 14.8. The van der Waals surface area contributed by atoms with Crippen molar-refractivity contribution in [3.05, 3.63) is 23.6 Å². The molecule has 0 aromatic rings. The molecule has 1 fully saturated rings. The molecular weight excluding hydrogens is 373 g/mol. The van der Waals surface area contributed by atoms with Crippen molar-refractivity contribution in [3.63, 3.8) is 0 Å². The minimum absolute atomic E-state index is 0.118. The van der Waals surface area contributed by atoms with Crippen LogP contribution >= 0.6 is 0 Å². The lowest BCUT2D eigenvalue weighted by molar-refractivity contribution is -0.279. The fourth-order valence-electron chi connectivity index (χ4n) is 3.17. The summed E-state index contributed by atoms with van der Waals surface area (Å²) in [6.45, 7) is -1.50. The molecule has 0 amide bonds. The molecule has 3 nitrogen and oxygen atoms in total. The first-order valence-electron chi connectivity index (χ1n) is 7.80. The van der Waals surface area contributed by atoms with Crippen LogP contribution in [-0.4, -0.2) is 48.5 Å². The lowest BCUT2D eigenvalue weighted by Gasteiger charge is -2.44. The molecule has 0 spiro atoms. The van der Waals surface area contributed by atoms with Crippen LogP contribution in [0.15, 0.2) is 23.6 Å². The van der Waals surface area contributed by atoms with E-state index in [1.54, 1.807) is 0 Å². The number of hydrogen-bond donors (Lipinski definition) is 1. The van der Waals surface area contributed by atoms with Crippen LogP contribution in [0.3, 0.4) is 0 Å². The topological polar surface area (TPSA) is 38.7 Å². The number of rotatable bonds is 5. The van der Waals surface area contributed by atoms with Crippen LogP contribution in [0.4, 0.5) is 30.7 Å². The van der Waals surface area contributed by atoms with Crippen LogP contribution in [-0.2, 0) is 9.47 Å². The highest BCUT2D eigenvalue weighted by atomic mass is 19.4. The quantitative estimate of drug-likeness (QED) is 0.712. The number of aliphatic hydroxyl groups excluding tert-OH is 1. The predicted octanol–water partition coefficient (Wildman–Crippen LogP) is 4.23. The zero-order valence-electron chi connectivity index (χ0n) is 14.1. The second-order valence-corrected chi connectivity index (χ2v) is 6.88. The van der Waals surface area contributed by atoms with Gasteiger partial charge in [-0.15, -0.1) is 0 Å². The lowest BCUT2D eigenvalue weighted by atomic mass is 9.65. The molecule has 3 atom stereocenters. The van der Waals surface area contributed by atoms with Gasteiger partial charge in [0.2, 0.25) is 0 Å². The Morgan fingerprint density at radius 1 is 1.19 bits per heavy atom. The second-order valence-electron chi connectivity index (χ2n) is 6.88. The Morgan fingerprint density at radius 2 is 1.81 bits per heavy atom. The highest BCUT2D eigenvalue weighted by molar-refractivity contribution is 5.34. The Kier molecular flexibility index (Phi) is 5.28. The first-order chi connectivity index (χ1) is 11.7. The van der Waals surface area contributed by atoms with Crippen molar-refractivity contribution >= 4 is 0 Å². The van der Waals surface area contributed by atoms with Crippen molar-refractivity contribution in [1.82, 2.24) is 0 Å². The van der Waals surface area contributed by atoms with Gasteiger partial charge in [0.25, 0.3) is 11.8 Å². The highest BCUT2D eigenvalue weighted by Gasteiger charge is 2.67. The number of halogens is 7. The molecule has 1 saturated heterocycles. The Balaban J connectivity index is 2.32. The van der Waals surface area contributed by atoms with Crippen LogP contribution in [0.1, 0.15) is 26.7 Å². The molecule has 2 rings (SSSR count). The van der Waals surface area contributed by atoms with Crippen LogP contribution in [0, 0.1) is 5.41 Å². The third-order valence-corrected chi connectivity index (χ3v) is 5.24. The van der Waals surface area contributed by atoms with E-state index < -0.39 is 54.4 Å². The van der Waals surface area contributed by atoms with Crippen molar-refractivity contribution in [2.24, 2.45) is 5.41 Å². The summed E-state index contributed by atoms with van der Waals surface area (Å²) in [6.07, 6.45) is -4.34. The van der Waals surface area contributed by atoms with Gasteiger partial charge in [0, 0.05) is 18.4 Å². The molecule has 0 radical (unpaired) electrons. The van der Waals surface area contributed by atoms with E-state index in [4.69, 9.17) is 9.84 Å². The molecule has 26 heavy (non-hydrogen) atoms. The predicted molar refractivity (Wildman–Crippen MR) is 76.9 cm³/mol. The average Bonchev–Trinajstić information content (AvgIpc) is 2.86. The molecule has 10 heteroatoms. The van der Waals surface area contributed by atoms with Gasteiger partial charge < -0.3 is 14.6 Å². The van der Waals surface area contributed by atoms with Crippen LogP contribution in [0.5, 0.6) is 0 Å². The van der Waals surface area contributed by atoms with Crippen LogP contribution in [0.25, 0.3) is 0 Å². The molecule has 1 N–H and O–H groups in total. The summed E-state index contributed by atoms with van der Waals surface area (Å²) in [5, 5.41) is 8.48.